The Morgan fingerprint density at radius 1 is 1.89 bits per heavy atom. The maximum Gasteiger partial charge on any atom is 0.148 e. The fourth-order valence-corrected chi connectivity index (χ4v) is 0.760. The zero-order valence-corrected chi connectivity index (χ0v) is 5.50. The molecule has 0 amide bonds. The SMILES string of the molecule is CN1C=[N+](C)[CH-]C1=C=[N-]. The molecule has 0 aliphatic carbocycles. The summed E-state index contributed by atoms with van der Waals surface area (Å²) in [6.07, 6.45) is 1.85. The third-order valence-corrected chi connectivity index (χ3v) is 1.18. The first-order valence-electron chi connectivity index (χ1n) is 2.65. The molecule has 0 atom stereocenters. The van der Waals surface area contributed by atoms with E-state index in [4.69, 9.17) is 5.41 Å². The topological polar surface area (TPSA) is 28.6 Å². The number of hydrogen-bond acceptors (Lipinski definition) is 1. The summed E-state index contributed by atoms with van der Waals surface area (Å²) in [6, 6.07) is 0. The third-order valence-electron chi connectivity index (χ3n) is 1.18. The zero-order valence-electron chi connectivity index (χ0n) is 5.50. The van der Waals surface area contributed by atoms with E-state index >= 15 is 0 Å². The largest absolute Gasteiger partial charge is 0.841 e. The van der Waals surface area contributed by atoms with Crippen LogP contribution in [0.4, 0.5) is 0 Å². The van der Waals surface area contributed by atoms with Gasteiger partial charge in [0.15, 0.2) is 0 Å². The summed E-state index contributed by atoms with van der Waals surface area (Å²) in [7, 11) is 3.74. The fourth-order valence-electron chi connectivity index (χ4n) is 0.760. The number of nitrogens with zero attached hydrogens (tertiary/aromatic N) is 3. The van der Waals surface area contributed by atoms with E-state index in [2.05, 4.69) is 5.87 Å². The quantitative estimate of drug-likeness (QED) is 0.250. The summed E-state index contributed by atoms with van der Waals surface area (Å²) >= 11 is 0. The minimum atomic E-state index is 0.678. The van der Waals surface area contributed by atoms with Crippen LogP contribution >= 0.6 is 0 Å². The van der Waals surface area contributed by atoms with Crippen molar-refractivity contribution in [3.63, 3.8) is 0 Å². The maximum absolute atomic E-state index is 8.45. The Morgan fingerprint density at radius 2 is 2.56 bits per heavy atom. The first kappa shape index (κ1) is 5.92. The van der Waals surface area contributed by atoms with E-state index in [1.54, 1.807) is 11.4 Å². The standard InChI is InChI=1S/C6H8N3/c1-8-4-6(3-7)9(2)5-8/h4-5H,1-2H3/q-1. The molecular weight excluding hydrogens is 114 g/mol. The normalized spacial score (nSPS) is 16.9. The molecule has 3 heteroatoms. The molecule has 0 fully saturated rings. The Morgan fingerprint density at radius 3 is 2.78 bits per heavy atom. The Bertz CT molecular complexity index is 198. The van der Waals surface area contributed by atoms with E-state index in [0.29, 0.717) is 5.70 Å². The van der Waals surface area contributed by atoms with Gasteiger partial charge in [-0.15, -0.1) is 0 Å². The van der Waals surface area contributed by atoms with Crippen LogP contribution < -0.4 is 0 Å². The first-order valence-corrected chi connectivity index (χ1v) is 2.65. The molecule has 0 aromatic rings. The second-order valence-electron chi connectivity index (χ2n) is 2.02. The van der Waals surface area contributed by atoms with Crippen molar-refractivity contribution in [2.45, 2.75) is 0 Å². The fraction of sp³-hybridized carbons (Fsp3) is 0.333. The van der Waals surface area contributed by atoms with Crippen molar-refractivity contribution in [3.8, 4) is 0 Å². The molecular formula is C6H8N3-. The van der Waals surface area contributed by atoms with E-state index in [-0.39, 0.29) is 0 Å². The Balaban J connectivity index is 2.83. The van der Waals surface area contributed by atoms with Crippen LogP contribution in [0.2, 0.25) is 0 Å². The molecule has 0 aromatic carbocycles. The van der Waals surface area contributed by atoms with E-state index < -0.39 is 0 Å². The molecule has 48 valence electrons. The summed E-state index contributed by atoms with van der Waals surface area (Å²) in [5.41, 5.74) is 0.678. The van der Waals surface area contributed by atoms with Crippen LogP contribution in [-0.4, -0.2) is 35.8 Å². The van der Waals surface area contributed by atoms with Crippen molar-refractivity contribution in [2.24, 2.45) is 0 Å². The molecule has 0 radical (unpaired) electrons. The van der Waals surface area contributed by atoms with E-state index in [1.165, 1.54) is 0 Å². The smallest absolute Gasteiger partial charge is 0.148 e. The van der Waals surface area contributed by atoms with Crippen LogP contribution in [0.3, 0.4) is 0 Å². The van der Waals surface area contributed by atoms with Gasteiger partial charge in [-0.3, -0.25) is 0 Å². The lowest BCUT2D eigenvalue weighted by Crippen LogP contribution is -2.09. The van der Waals surface area contributed by atoms with Gasteiger partial charge in [-0.05, 0) is 0 Å². The van der Waals surface area contributed by atoms with Gasteiger partial charge in [0.05, 0.1) is 19.8 Å². The molecule has 0 N–H and O–H groups in total. The molecule has 0 unspecified atom stereocenters. The van der Waals surface area contributed by atoms with Crippen molar-refractivity contribution in [1.82, 2.24) is 4.90 Å². The van der Waals surface area contributed by atoms with Crippen LogP contribution in [-0.2, 0) is 0 Å². The molecule has 9 heavy (non-hydrogen) atoms. The zero-order chi connectivity index (χ0) is 6.85. The predicted octanol–water partition coefficient (Wildman–Crippen LogP) is -0.113. The molecule has 1 aliphatic heterocycles. The van der Waals surface area contributed by atoms with Gasteiger partial charge < -0.3 is 20.8 Å². The number of rotatable bonds is 0. The van der Waals surface area contributed by atoms with E-state index in [0.717, 1.165) is 0 Å². The lowest BCUT2D eigenvalue weighted by molar-refractivity contribution is -0.438. The highest BCUT2D eigenvalue weighted by molar-refractivity contribution is 5.70. The monoisotopic (exact) mass is 122 g/mol. The predicted molar refractivity (Wildman–Crippen MR) is 36.2 cm³/mol. The van der Waals surface area contributed by atoms with Gasteiger partial charge in [0, 0.05) is 6.54 Å². The maximum atomic E-state index is 8.45. The molecule has 1 aliphatic rings. The molecule has 0 spiro atoms. The summed E-state index contributed by atoms with van der Waals surface area (Å²) in [5.74, 6) is 2.06. The van der Waals surface area contributed by atoms with Crippen molar-refractivity contribution >= 4 is 12.2 Å². The highest BCUT2D eigenvalue weighted by Crippen LogP contribution is 2.04. The van der Waals surface area contributed by atoms with Gasteiger partial charge in [0.1, 0.15) is 6.34 Å². The Hall–Kier alpha value is -1.21. The highest BCUT2D eigenvalue weighted by Gasteiger charge is 2.07. The van der Waals surface area contributed by atoms with Gasteiger partial charge in [0.2, 0.25) is 0 Å². The molecule has 0 bridgehead atoms. The molecule has 0 aromatic heterocycles. The van der Waals surface area contributed by atoms with Crippen molar-refractivity contribution in [1.29, 1.82) is 0 Å². The van der Waals surface area contributed by atoms with Crippen LogP contribution in [0, 0.1) is 6.54 Å². The van der Waals surface area contributed by atoms with Gasteiger partial charge in [0.25, 0.3) is 0 Å². The molecule has 1 heterocycles. The minimum Gasteiger partial charge on any atom is -0.841 e. The van der Waals surface area contributed by atoms with Crippen molar-refractivity contribution in [2.75, 3.05) is 14.1 Å². The number of hydrogen-bond donors (Lipinski definition) is 0. The van der Waals surface area contributed by atoms with Crippen LogP contribution in [0.15, 0.2) is 5.70 Å². The Kier molecular flexibility index (Phi) is 1.29. The summed E-state index contributed by atoms with van der Waals surface area (Å²) in [5, 5.41) is 8.45. The Labute approximate surface area is 54.4 Å². The van der Waals surface area contributed by atoms with Gasteiger partial charge in [-0.25, -0.2) is 0 Å². The third kappa shape index (κ3) is 0.952. The summed E-state index contributed by atoms with van der Waals surface area (Å²) in [6.45, 7) is 1.78. The van der Waals surface area contributed by atoms with Crippen LogP contribution in [0.25, 0.3) is 5.41 Å². The molecule has 0 saturated carbocycles. The van der Waals surface area contributed by atoms with Gasteiger partial charge in [-0.1, -0.05) is 0 Å². The second-order valence-corrected chi connectivity index (χ2v) is 2.02. The van der Waals surface area contributed by atoms with E-state index in [1.807, 2.05) is 25.0 Å². The van der Waals surface area contributed by atoms with Crippen LogP contribution in [0.1, 0.15) is 0 Å². The minimum absolute atomic E-state index is 0.678. The van der Waals surface area contributed by atoms with E-state index in [9.17, 15) is 0 Å². The number of likely N-dealkylation sites (N-methyl/N-ethyl adjacent to an activating group) is 2. The average molecular weight is 122 g/mol. The van der Waals surface area contributed by atoms with Gasteiger partial charge in [-0.2, -0.15) is 0 Å². The summed E-state index contributed by atoms with van der Waals surface area (Å²) in [4.78, 5) is 1.78. The second kappa shape index (κ2) is 1.96. The highest BCUT2D eigenvalue weighted by atomic mass is 15.2. The van der Waals surface area contributed by atoms with Crippen molar-refractivity contribution < 1.29 is 4.58 Å². The first-order chi connectivity index (χ1) is 4.24. The molecule has 1 rings (SSSR count). The molecule has 0 saturated heterocycles. The lowest BCUT2D eigenvalue weighted by Gasteiger charge is -2.05. The lowest BCUT2D eigenvalue weighted by atomic mass is 10.5. The summed E-state index contributed by atoms with van der Waals surface area (Å²) < 4.78 is 1.85. The van der Waals surface area contributed by atoms with Crippen LogP contribution in [0.5, 0.6) is 0 Å². The van der Waals surface area contributed by atoms with Gasteiger partial charge >= 0.3 is 0 Å². The molecule has 3 nitrogen and oxygen atoms in total. The average Bonchev–Trinajstić information content (AvgIpc) is 2.10. The van der Waals surface area contributed by atoms with Crippen molar-refractivity contribution in [3.05, 3.63) is 17.7 Å².